The number of esters is 1. The number of thioether (sulfide) groups is 1. The van der Waals surface area contributed by atoms with Gasteiger partial charge in [0.2, 0.25) is 5.91 Å². The van der Waals surface area contributed by atoms with Crippen LogP contribution in [0.3, 0.4) is 0 Å². The molecule has 1 aromatic carbocycles. The van der Waals surface area contributed by atoms with Crippen LogP contribution in [0.1, 0.15) is 31.7 Å². The topological polar surface area (TPSA) is 46.6 Å². The molecule has 1 fully saturated rings. The molecule has 0 saturated carbocycles. The molecule has 1 saturated heterocycles. The summed E-state index contributed by atoms with van der Waals surface area (Å²) in [5, 5.41) is -0.159. The van der Waals surface area contributed by atoms with E-state index in [0.717, 1.165) is 5.56 Å². The second-order valence-corrected chi connectivity index (χ2v) is 7.07. The van der Waals surface area contributed by atoms with Crippen LogP contribution in [0.4, 0.5) is 0 Å². The number of rotatable bonds is 2. The molecule has 0 aliphatic carbocycles. The third-order valence-electron chi connectivity index (χ3n) is 3.48. The van der Waals surface area contributed by atoms with Crippen LogP contribution in [0.5, 0.6) is 0 Å². The highest BCUT2D eigenvalue weighted by Gasteiger charge is 2.53. The first-order chi connectivity index (χ1) is 9.38. The van der Waals surface area contributed by atoms with Crippen molar-refractivity contribution >= 4 is 23.6 Å². The van der Waals surface area contributed by atoms with E-state index in [-0.39, 0.29) is 22.0 Å². The van der Waals surface area contributed by atoms with Crippen LogP contribution in [0.25, 0.3) is 0 Å². The van der Waals surface area contributed by atoms with Crippen molar-refractivity contribution in [3.63, 3.8) is 0 Å². The number of nitrogens with zero attached hydrogens (tertiary/aromatic N) is 1. The van der Waals surface area contributed by atoms with E-state index in [1.165, 1.54) is 14.0 Å². The first kappa shape index (κ1) is 14.9. The molecule has 1 heterocycles. The van der Waals surface area contributed by atoms with E-state index < -0.39 is 6.04 Å². The van der Waals surface area contributed by atoms with Crippen molar-refractivity contribution in [1.29, 1.82) is 0 Å². The standard InChI is InChI=1S/C15H19NO3S/c1-10(17)16-12(14(18)19-4)15(2,3)20-13(16)11-8-6-5-7-9-11/h5-9,12-13H,1-4H3. The Balaban J connectivity index is 2.45. The lowest BCUT2D eigenvalue weighted by Gasteiger charge is -2.29. The van der Waals surface area contributed by atoms with E-state index in [9.17, 15) is 9.59 Å². The van der Waals surface area contributed by atoms with Crippen LogP contribution in [-0.2, 0) is 14.3 Å². The number of carbonyl (C=O) groups is 2. The quantitative estimate of drug-likeness (QED) is 0.786. The van der Waals surface area contributed by atoms with E-state index in [1.54, 1.807) is 16.7 Å². The summed E-state index contributed by atoms with van der Waals surface area (Å²) in [5.74, 6) is -0.483. The fourth-order valence-corrected chi connectivity index (χ4v) is 4.17. The van der Waals surface area contributed by atoms with Gasteiger partial charge in [-0.3, -0.25) is 4.79 Å². The first-order valence-corrected chi connectivity index (χ1v) is 7.36. The van der Waals surface area contributed by atoms with Crippen molar-refractivity contribution in [3.8, 4) is 0 Å². The molecule has 1 aliphatic heterocycles. The first-order valence-electron chi connectivity index (χ1n) is 6.48. The number of benzene rings is 1. The van der Waals surface area contributed by atoms with Crippen LogP contribution >= 0.6 is 11.8 Å². The number of hydrogen-bond donors (Lipinski definition) is 0. The van der Waals surface area contributed by atoms with Crippen LogP contribution in [0, 0.1) is 0 Å². The Morgan fingerprint density at radius 1 is 1.25 bits per heavy atom. The van der Waals surface area contributed by atoms with Crippen LogP contribution in [0.15, 0.2) is 30.3 Å². The molecule has 4 nitrogen and oxygen atoms in total. The molecular formula is C15H19NO3S. The number of amides is 1. The number of methoxy groups -OCH3 is 1. The van der Waals surface area contributed by atoms with Gasteiger partial charge in [0.15, 0.2) is 0 Å². The molecule has 1 aliphatic rings. The van der Waals surface area contributed by atoms with Crippen molar-refractivity contribution in [2.24, 2.45) is 0 Å². The normalized spacial score (nSPS) is 24.5. The van der Waals surface area contributed by atoms with Gasteiger partial charge < -0.3 is 9.64 Å². The summed E-state index contributed by atoms with van der Waals surface area (Å²) in [6.45, 7) is 5.43. The van der Waals surface area contributed by atoms with Gasteiger partial charge in [-0.15, -0.1) is 11.8 Å². The Bertz CT molecular complexity index is 515. The lowest BCUT2D eigenvalue weighted by Crippen LogP contribution is -2.49. The average molecular weight is 293 g/mol. The van der Waals surface area contributed by atoms with E-state index in [4.69, 9.17) is 4.74 Å². The van der Waals surface area contributed by atoms with E-state index in [0.29, 0.717) is 0 Å². The highest BCUT2D eigenvalue weighted by Crippen LogP contribution is 2.52. The van der Waals surface area contributed by atoms with E-state index >= 15 is 0 Å². The predicted octanol–water partition coefficient (Wildman–Crippen LogP) is 2.60. The van der Waals surface area contributed by atoms with Crippen LogP contribution in [0.2, 0.25) is 0 Å². The van der Waals surface area contributed by atoms with Gasteiger partial charge in [0.1, 0.15) is 11.4 Å². The Labute approximate surface area is 123 Å². The molecule has 0 spiro atoms. The minimum atomic E-state index is -0.569. The highest BCUT2D eigenvalue weighted by molar-refractivity contribution is 8.01. The summed E-state index contributed by atoms with van der Waals surface area (Å²) in [6, 6.07) is 9.19. The van der Waals surface area contributed by atoms with Crippen molar-refractivity contribution in [1.82, 2.24) is 4.90 Å². The number of ether oxygens (including phenoxy) is 1. The van der Waals surface area contributed by atoms with Gasteiger partial charge in [-0.25, -0.2) is 4.79 Å². The van der Waals surface area contributed by atoms with Gasteiger partial charge in [0, 0.05) is 11.7 Å². The zero-order chi connectivity index (χ0) is 14.9. The summed E-state index contributed by atoms with van der Waals surface area (Å²) in [7, 11) is 1.36. The lowest BCUT2D eigenvalue weighted by molar-refractivity contribution is -0.153. The Morgan fingerprint density at radius 2 is 1.85 bits per heavy atom. The van der Waals surface area contributed by atoms with Crippen molar-refractivity contribution in [2.75, 3.05) is 7.11 Å². The summed E-state index contributed by atoms with van der Waals surface area (Å²) < 4.78 is 4.50. The second kappa shape index (κ2) is 5.48. The highest BCUT2D eigenvalue weighted by atomic mass is 32.2. The Morgan fingerprint density at radius 3 is 2.35 bits per heavy atom. The van der Waals surface area contributed by atoms with Gasteiger partial charge in [-0.2, -0.15) is 0 Å². The van der Waals surface area contributed by atoms with Crippen molar-refractivity contribution < 1.29 is 14.3 Å². The van der Waals surface area contributed by atoms with Crippen LogP contribution in [-0.4, -0.2) is 34.7 Å². The van der Waals surface area contributed by atoms with E-state index in [2.05, 4.69) is 0 Å². The SMILES string of the molecule is COC(=O)C1N(C(C)=O)C(c2ccccc2)SC1(C)C. The minimum Gasteiger partial charge on any atom is -0.467 e. The maximum absolute atomic E-state index is 12.1. The summed E-state index contributed by atoms with van der Waals surface area (Å²) >= 11 is 1.61. The second-order valence-electron chi connectivity index (χ2n) is 5.34. The smallest absolute Gasteiger partial charge is 0.330 e. The molecule has 2 atom stereocenters. The molecule has 0 bridgehead atoms. The number of hydrogen-bond acceptors (Lipinski definition) is 4. The molecule has 20 heavy (non-hydrogen) atoms. The molecule has 1 amide bonds. The van der Waals surface area contributed by atoms with Crippen molar-refractivity contribution in [3.05, 3.63) is 35.9 Å². The minimum absolute atomic E-state index is 0.118. The molecule has 0 radical (unpaired) electrons. The number of carbonyl (C=O) groups excluding carboxylic acids is 2. The third-order valence-corrected chi connectivity index (χ3v) is 5.03. The Hall–Kier alpha value is -1.49. The molecular weight excluding hydrogens is 274 g/mol. The zero-order valence-electron chi connectivity index (χ0n) is 12.1. The molecule has 108 valence electrons. The molecule has 0 aromatic heterocycles. The van der Waals surface area contributed by atoms with E-state index in [1.807, 2.05) is 44.2 Å². The molecule has 2 rings (SSSR count). The van der Waals surface area contributed by atoms with Crippen LogP contribution < -0.4 is 0 Å². The summed E-state index contributed by atoms with van der Waals surface area (Å²) in [4.78, 5) is 25.8. The summed E-state index contributed by atoms with van der Waals surface area (Å²) in [6.07, 6.45) is 0. The average Bonchev–Trinajstić information content (AvgIpc) is 2.71. The molecule has 2 unspecified atom stereocenters. The summed E-state index contributed by atoms with van der Waals surface area (Å²) in [5.41, 5.74) is 1.02. The fraction of sp³-hybridized carbons (Fsp3) is 0.467. The van der Waals surface area contributed by atoms with Gasteiger partial charge in [0.05, 0.1) is 7.11 Å². The van der Waals surface area contributed by atoms with Gasteiger partial charge in [-0.1, -0.05) is 30.3 Å². The van der Waals surface area contributed by atoms with Gasteiger partial charge in [0.25, 0.3) is 0 Å². The predicted molar refractivity (Wildman–Crippen MR) is 79.2 cm³/mol. The largest absolute Gasteiger partial charge is 0.467 e. The fourth-order valence-electron chi connectivity index (χ4n) is 2.58. The van der Waals surface area contributed by atoms with Crippen molar-refractivity contribution in [2.45, 2.75) is 36.9 Å². The maximum Gasteiger partial charge on any atom is 0.330 e. The monoisotopic (exact) mass is 293 g/mol. The Kier molecular flexibility index (Phi) is 4.09. The van der Waals surface area contributed by atoms with Gasteiger partial charge in [-0.05, 0) is 19.4 Å². The zero-order valence-corrected chi connectivity index (χ0v) is 12.9. The molecule has 5 heteroatoms. The maximum atomic E-state index is 12.1. The lowest BCUT2D eigenvalue weighted by atomic mass is 10.0. The third kappa shape index (κ3) is 2.54. The van der Waals surface area contributed by atoms with Gasteiger partial charge >= 0.3 is 5.97 Å². The molecule has 0 N–H and O–H groups in total. The molecule has 1 aromatic rings.